The van der Waals surface area contributed by atoms with E-state index >= 15 is 0 Å². The number of rotatable bonds is 5. The molecule has 2 rings (SSSR count). The zero-order valence-corrected chi connectivity index (χ0v) is 11.9. The van der Waals surface area contributed by atoms with Gasteiger partial charge in [-0.3, -0.25) is 0 Å². The van der Waals surface area contributed by atoms with Crippen molar-refractivity contribution in [3.8, 4) is 0 Å². The van der Waals surface area contributed by atoms with Gasteiger partial charge in [0.1, 0.15) is 11.9 Å². The van der Waals surface area contributed by atoms with Crippen LogP contribution in [0.15, 0.2) is 0 Å². The lowest BCUT2D eigenvalue weighted by Crippen LogP contribution is -2.22. The minimum Gasteiger partial charge on any atom is -0.370 e. The van der Waals surface area contributed by atoms with Crippen molar-refractivity contribution in [2.75, 3.05) is 12.3 Å². The van der Waals surface area contributed by atoms with E-state index in [0.717, 1.165) is 18.1 Å². The molecule has 0 saturated heterocycles. The van der Waals surface area contributed by atoms with Crippen molar-refractivity contribution in [3.63, 3.8) is 0 Å². The molecule has 0 radical (unpaired) electrons. The number of ether oxygens (including phenoxy) is 1. The average Bonchev–Trinajstić information content (AvgIpc) is 2.45. The number of aryl methyl sites for hydroxylation is 1. The largest absolute Gasteiger partial charge is 0.370 e. The maximum atomic E-state index is 5.91. The highest BCUT2D eigenvalue weighted by molar-refractivity contribution is 5.17. The second-order valence-corrected chi connectivity index (χ2v) is 5.10. The topological polar surface area (TPSA) is 73.9 Å². The van der Waals surface area contributed by atoms with E-state index in [0.29, 0.717) is 18.5 Å². The lowest BCUT2D eigenvalue weighted by atomic mass is 9.85. The highest BCUT2D eigenvalue weighted by Gasteiger charge is 2.28. The Morgan fingerprint density at radius 1 is 1.16 bits per heavy atom. The molecule has 1 unspecified atom stereocenters. The Bertz CT molecular complexity index is 404. The van der Waals surface area contributed by atoms with Gasteiger partial charge < -0.3 is 10.5 Å². The Balaban J connectivity index is 2.24. The lowest BCUT2D eigenvalue weighted by molar-refractivity contribution is -0.000367. The average molecular weight is 264 g/mol. The molecule has 1 aliphatic carbocycles. The Morgan fingerprint density at radius 2 is 1.89 bits per heavy atom. The minimum atomic E-state index is -0.0269. The molecule has 1 saturated carbocycles. The zero-order valence-electron chi connectivity index (χ0n) is 11.9. The first-order chi connectivity index (χ1) is 9.24. The van der Waals surface area contributed by atoms with Gasteiger partial charge in [0.15, 0.2) is 5.82 Å². The van der Waals surface area contributed by atoms with E-state index in [4.69, 9.17) is 10.5 Å². The molecule has 1 aliphatic rings. The van der Waals surface area contributed by atoms with Gasteiger partial charge in [-0.15, -0.1) is 0 Å². The van der Waals surface area contributed by atoms with Gasteiger partial charge in [0.2, 0.25) is 5.95 Å². The second-order valence-electron chi connectivity index (χ2n) is 5.10. The summed E-state index contributed by atoms with van der Waals surface area (Å²) in [5.74, 6) is 2.30. The van der Waals surface area contributed by atoms with Crippen LogP contribution >= 0.6 is 0 Å². The molecule has 0 spiro atoms. The van der Waals surface area contributed by atoms with Crippen LogP contribution in [-0.2, 0) is 11.2 Å². The third-order valence-electron chi connectivity index (χ3n) is 3.71. The SMILES string of the molecule is CCOC(c1nc(N)nc(CC)n1)C1CCCCC1. The molecule has 5 nitrogen and oxygen atoms in total. The quantitative estimate of drug-likeness (QED) is 0.885. The van der Waals surface area contributed by atoms with Crippen LogP contribution in [0.4, 0.5) is 5.95 Å². The molecule has 1 atom stereocenters. The number of nitrogens with two attached hydrogens (primary N) is 1. The number of hydrogen-bond donors (Lipinski definition) is 1. The molecule has 0 bridgehead atoms. The van der Waals surface area contributed by atoms with Crippen molar-refractivity contribution in [2.24, 2.45) is 5.92 Å². The normalized spacial score (nSPS) is 18.4. The number of aromatic nitrogens is 3. The molecule has 5 heteroatoms. The van der Waals surface area contributed by atoms with Gasteiger partial charge in [-0.25, -0.2) is 4.98 Å². The van der Waals surface area contributed by atoms with E-state index < -0.39 is 0 Å². The van der Waals surface area contributed by atoms with Gasteiger partial charge >= 0.3 is 0 Å². The van der Waals surface area contributed by atoms with E-state index in [-0.39, 0.29) is 6.10 Å². The molecule has 0 aliphatic heterocycles. The van der Waals surface area contributed by atoms with E-state index in [1.165, 1.54) is 32.1 Å². The van der Waals surface area contributed by atoms with Crippen molar-refractivity contribution >= 4 is 5.95 Å². The van der Waals surface area contributed by atoms with Crippen molar-refractivity contribution in [2.45, 2.75) is 58.5 Å². The van der Waals surface area contributed by atoms with E-state index in [1.54, 1.807) is 0 Å². The predicted molar refractivity (Wildman–Crippen MR) is 74.6 cm³/mol. The van der Waals surface area contributed by atoms with Crippen molar-refractivity contribution < 1.29 is 4.74 Å². The summed E-state index contributed by atoms with van der Waals surface area (Å²) in [4.78, 5) is 13.0. The minimum absolute atomic E-state index is 0.0269. The number of nitrogen functional groups attached to an aromatic ring is 1. The zero-order chi connectivity index (χ0) is 13.7. The van der Waals surface area contributed by atoms with Crippen LogP contribution in [0.5, 0.6) is 0 Å². The summed E-state index contributed by atoms with van der Waals surface area (Å²) in [6, 6.07) is 0. The Kier molecular flexibility index (Phi) is 5.07. The Morgan fingerprint density at radius 3 is 2.53 bits per heavy atom. The summed E-state index contributed by atoms with van der Waals surface area (Å²) in [7, 11) is 0. The van der Waals surface area contributed by atoms with Crippen LogP contribution < -0.4 is 5.73 Å². The standard InChI is InChI=1S/C14H24N4O/c1-3-11-16-13(18-14(15)17-11)12(19-4-2)10-8-6-5-7-9-10/h10,12H,3-9H2,1-2H3,(H2,15,16,17,18). The Hall–Kier alpha value is -1.23. The molecule has 1 aromatic heterocycles. The lowest BCUT2D eigenvalue weighted by Gasteiger charge is -2.29. The van der Waals surface area contributed by atoms with Gasteiger partial charge in [-0.05, 0) is 25.7 Å². The second kappa shape index (κ2) is 6.80. The molecular formula is C14H24N4O. The highest BCUT2D eigenvalue weighted by Crippen LogP contribution is 2.35. The van der Waals surface area contributed by atoms with Gasteiger partial charge in [0, 0.05) is 13.0 Å². The van der Waals surface area contributed by atoms with Crippen LogP contribution in [0.2, 0.25) is 0 Å². The van der Waals surface area contributed by atoms with Crippen LogP contribution in [0.3, 0.4) is 0 Å². The van der Waals surface area contributed by atoms with Crippen molar-refractivity contribution in [1.82, 2.24) is 15.0 Å². The summed E-state index contributed by atoms with van der Waals surface area (Å²) in [5.41, 5.74) is 5.78. The summed E-state index contributed by atoms with van der Waals surface area (Å²) < 4.78 is 5.91. The molecule has 1 heterocycles. The Labute approximate surface area is 115 Å². The van der Waals surface area contributed by atoms with E-state index in [1.807, 2.05) is 13.8 Å². The summed E-state index contributed by atoms with van der Waals surface area (Å²) in [6.07, 6.45) is 7.00. The fourth-order valence-electron chi connectivity index (χ4n) is 2.78. The van der Waals surface area contributed by atoms with Gasteiger partial charge in [0.25, 0.3) is 0 Å². The predicted octanol–water partition coefficient (Wildman–Crippen LogP) is 2.67. The third-order valence-corrected chi connectivity index (χ3v) is 3.71. The first kappa shape index (κ1) is 14.2. The monoisotopic (exact) mass is 264 g/mol. The molecule has 0 amide bonds. The number of hydrogen-bond acceptors (Lipinski definition) is 5. The number of nitrogens with zero attached hydrogens (tertiary/aromatic N) is 3. The highest BCUT2D eigenvalue weighted by atomic mass is 16.5. The smallest absolute Gasteiger partial charge is 0.223 e. The van der Waals surface area contributed by atoms with Gasteiger partial charge in [0.05, 0.1) is 0 Å². The molecule has 2 N–H and O–H groups in total. The maximum Gasteiger partial charge on any atom is 0.223 e. The first-order valence-corrected chi connectivity index (χ1v) is 7.36. The molecule has 1 aromatic rings. The molecule has 0 aromatic carbocycles. The maximum absolute atomic E-state index is 5.91. The van der Waals surface area contributed by atoms with Gasteiger partial charge in [-0.2, -0.15) is 9.97 Å². The van der Waals surface area contributed by atoms with Crippen LogP contribution in [-0.4, -0.2) is 21.6 Å². The van der Waals surface area contributed by atoms with E-state index in [2.05, 4.69) is 15.0 Å². The number of anilines is 1. The van der Waals surface area contributed by atoms with Crippen LogP contribution in [0.1, 0.15) is 63.7 Å². The van der Waals surface area contributed by atoms with Crippen LogP contribution in [0, 0.1) is 5.92 Å². The molecule has 19 heavy (non-hydrogen) atoms. The molecular weight excluding hydrogens is 240 g/mol. The van der Waals surface area contributed by atoms with E-state index in [9.17, 15) is 0 Å². The van der Waals surface area contributed by atoms with Crippen molar-refractivity contribution in [3.05, 3.63) is 11.6 Å². The summed E-state index contributed by atoms with van der Waals surface area (Å²) in [5, 5.41) is 0. The third kappa shape index (κ3) is 3.62. The fraction of sp³-hybridized carbons (Fsp3) is 0.786. The summed E-state index contributed by atoms with van der Waals surface area (Å²) >= 11 is 0. The van der Waals surface area contributed by atoms with Gasteiger partial charge in [-0.1, -0.05) is 26.2 Å². The molecule has 1 fully saturated rings. The first-order valence-electron chi connectivity index (χ1n) is 7.36. The van der Waals surface area contributed by atoms with Crippen LogP contribution in [0.25, 0.3) is 0 Å². The summed E-state index contributed by atoms with van der Waals surface area (Å²) in [6.45, 7) is 4.71. The fourth-order valence-corrected chi connectivity index (χ4v) is 2.78. The molecule has 106 valence electrons. The van der Waals surface area contributed by atoms with Crippen molar-refractivity contribution in [1.29, 1.82) is 0 Å².